The van der Waals surface area contributed by atoms with Gasteiger partial charge in [-0.2, -0.15) is 0 Å². The molecule has 0 spiro atoms. The molecule has 1 aromatic rings. The first kappa shape index (κ1) is 16.6. The molecule has 1 N–H and O–H groups in total. The second-order valence-corrected chi connectivity index (χ2v) is 7.46. The maximum atomic E-state index is 11.7. The topological polar surface area (TPSA) is 56.8 Å². The van der Waals surface area contributed by atoms with Gasteiger partial charge in [-0.1, -0.05) is 17.7 Å². The molecule has 0 bridgehead atoms. The Balaban J connectivity index is 1.71. The van der Waals surface area contributed by atoms with E-state index in [4.69, 9.17) is 25.6 Å². The zero-order valence-corrected chi connectivity index (χ0v) is 14.6. The molecule has 0 aromatic heterocycles. The van der Waals surface area contributed by atoms with Crippen LogP contribution in [0.4, 0.5) is 10.5 Å². The third kappa shape index (κ3) is 3.49. The van der Waals surface area contributed by atoms with Crippen molar-refractivity contribution in [1.82, 2.24) is 0 Å². The lowest BCUT2D eigenvalue weighted by molar-refractivity contribution is 0.00578. The summed E-state index contributed by atoms with van der Waals surface area (Å²) in [5, 5.41) is 3.16. The normalized spacial score (nSPS) is 22.0. The Morgan fingerprint density at radius 3 is 2.39 bits per heavy atom. The van der Waals surface area contributed by atoms with Gasteiger partial charge in [-0.25, -0.2) is 4.79 Å². The molecule has 1 saturated carbocycles. The molecule has 1 aliphatic carbocycles. The number of amides is 1. The lowest BCUT2D eigenvalue weighted by Gasteiger charge is -2.32. The van der Waals surface area contributed by atoms with Crippen molar-refractivity contribution in [3.8, 4) is 0 Å². The van der Waals surface area contributed by atoms with Crippen LogP contribution in [0.3, 0.4) is 0 Å². The van der Waals surface area contributed by atoms with Gasteiger partial charge in [0, 0.05) is 16.2 Å². The summed E-state index contributed by atoms with van der Waals surface area (Å²) in [4.78, 5) is 11.7. The zero-order chi connectivity index (χ0) is 16.8. The summed E-state index contributed by atoms with van der Waals surface area (Å²) in [7, 11) is -0.528. The van der Waals surface area contributed by atoms with Crippen LogP contribution >= 0.6 is 11.6 Å². The van der Waals surface area contributed by atoms with Gasteiger partial charge in [0.25, 0.3) is 0 Å². The molecule has 1 aromatic carbocycles. The Bertz CT molecular complexity index is 615. The van der Waals surface area contributed by atoms with Crippen LogP contribution in [0.15, 0.2) is 18.2 Å². The molecule has 1 heterocycles. The smallest absolute Gasteiger partial charge is 0.446 e. The highest BCUT2D eigenvalue weighted by Gasteiger charge is 2.52. The van der Waals surface area contributed by atoms with E-state index in [1.165, 1.54) is 0 Å². The first-order chi connectivity index (χ1) is 10.7. The van der Waals surface area contributed by atoms with Crippen molar-refractivity contribution in [3.63, 3.8) is 0 Å². The Kier molecular flexibility index (Phi) is 4.11. The molecule has 0 unspecified atom stereocenters. The summed E-state index contributed by atoms with van der Waals surface area (Å²) in [5.41, 5.74) is 0.477. The summed E-state index contributed by atoms with van der Waals surface area (Å²) in [6.45, 7) is 7.96. The molecule has 7 heteroatoms. The van der Waals surface area contributed by atoms with Gasteiger partial charge in [-0.05, 0) is 52.7 Å². The molecule has 1 aliphatic heterocycles. The molecule has 2 fully saturated rings. The van der Waals surface area contributed by atoms with Crippen molar-refractivity contribution in [2.24, 2.45) is 0 Å². The zero-order valence-electron chi connectivity index (χ0n) is 13.8. The number of nitrogens with one attached hydrogen (secondary N) is 1. The monoisotopic (exact) mass is 337 g/mol. The summed E-state index contributed by atoms with van der Waals surface area (Å²) in [5.74, 6) is 0. The average molecular weight is 338 g/mol. The predicted molar refractivity (Wildman–Crippen MR) is 90.3 cm³/mol. The molecule has 23 heavy (non-hydrogen) atoms. The minimum Gasteiger partial charge on any atom is -0.446 e. The van der Waals surface area contributed by atoms with Crippen LogP contribution in [0.2, 0.25) is 5.02 Å². The number of carbonyl (C=O) groups is 1. The van der Waals surface area contributed by atoms with Crippen LogP contribution < -0.4 is 10.8 Å². The maximum Gasteiger partial charge on any atom is 0.496 e. The quantitative estimate of drug-likeness (QED) is 0.859. The van der Waals surface area contributed by atoms with Crippen LogP contribution in [-0.2, 0) is 14.0 Å². The Morgan fingerprint density at radius 1 is 1.26 bits per heavy atom. The molecular formula is C16H21BClNO4. The average Bonchev–Trinajstić information content (AvgIpc) is 3.17. The third-order valence-corrected chi connectivity index (χ3v) is 4.88. The van der Waals surface area contributed by atoms with E-state index in [1.807, 2.05) is 27.7 Å². The summed E-state index contributed by atoms with van der Waals surface area (Å²) < 4.78 is 17.1. The van der Waals surface area contributed by atoms with E-state index in [-0.39, 0.29) is 6.10 Å². The third-order valence-electron chi connectivity index (χ3n) is 4.55. The molecule has 2 aliphatic rings. The van der Waals surface area contributed by atoms with Crippen molar-refractivity contribution in [2.45, 2.75) is 57.8 Å². The largest absolute Gasteiger partial charge is 0.496 e. The van der Waals surface area contributed by atoms with E-state index < -0.39 is 24.4 Å². The van der Waals surface area contributed by atoms with Crippen molar-refractivity contribution >= 4 is 36.0 Å². The summed E-state index contributed by atoms with van der Waals surface area (Å²) in [6.07, 6.45) is 1.49. The van der Waals surface area contributed by atoms with Gasteiger partial charge in [-0.3, -0.25) is 5.32 Å². The van der Waals surface area contributed by atoms with Crippen LogP contribution in [0.1, 0.15) is 40.5 Å². The summed E-state index contributed by atoms with van der Waals surface area (Å²) >= 11 is 6.35. The fourth-order valence-corrected chi connectivity index (χ4v) is 2.52. The minimum absolute atomic E-state index is 0.0643. The highest BCUT2D eigenvalue weighted by Crippen LogP contribution is 2.37. The van der Waals surface area contributed by atoms with E-state index >= 15 is 0 Å². The number of anilines is 1. The Hall–Kier alpha value is -1.24. The maximum absolute atomic E-state index is 11.7. The van der Waals surface area contributed by atoms with Gasteiger partial charge in [0.2, 0.25) is 0 Å². The lowest BCUT2D eigenvalue weighted by atomic mass is 9.79. The van der Waals surface area contributed by atoms with Gasteiger partial charge in [0.1, 0.15) is 6.10 Å². The molecule has 0 radical (unpaired) electrons. The number of ether oxygens (including phenoxy) is 1. The van der Waals surface area contributed by atoms with E-state index in [0.29, 0.717) is 10.7 Å². The van der Waals surface area contributed by atoms with Gasteiger partial charge >= 0.3 is 13.2 Å². The van der Waals surface area contributed by atoms with Crippen molar-refractivity contribution < 1.29 is 18.8 Å². The number of hydrogen-bond donors (Lipinski definition) is 1. The van der Waals surface area contributed by atoms with E-state index in [0.717, 1.165) is 18.3 Å². The first-order valence-corrected chi connectivity index (χ1v) is 8.18. The molecular weight excluding hydrogens is 316 g/mol. The van der Waals surface area contributed by atoms with E-state index in [9.17, 15) is 4.79 Å². The van der Waals surface area contributed by atoms with Crippen LogP contribution in [0, 0.1) is 0 Å². The number of carbonyl (C=O) groups excluding carboxylic acids is 1. The van der Waals surface area contributed by atoms with Gasteiger partial charge < -0.3 is 14.0 Å². The van der Waals surface area contributed by atoms with Crippen molar-refractivity contribution in [1.29, 1.82) is 0 Å². The van der Waals surface area contributed by atoms with Gasteiger partial charge in [0.15, 0.2) is 0 Å². The molecule has 5 nitrogen and oxygen atoms in total. The first-order valence-electron chi connectivity index (χ1n) is 7.81. The standard InChI is InChI=1S/C16H21BClNO4/c1-15(2)16(3,4)23-17(22-15)12-8-5-10(9-13(12)18)19-14(20)21-11-6-7-11/h5,8-9,11H,6-7H2,1-4H3,(H,19,20). The fourth-order valence-electron chi connectivity index (χ4n) is 2.25. The lowest BCUT2D eigenvalue weighted by Crippen LogP contribution is -2.41. The number of rotatable bonds is 3. The van der Waals surface area contributed by atoms with Crippen molar-refractivity contribution in [3.05, 3.63) is 23.2 Å². The van der Waals surface area contributed by atoms with Gasteiger partial charge in [-0.15, -0.1) is 0 Å². The van der Waals surface area contributed by atoms with Crippen LogP contribution in [0.5, 0.6) is 0 Å². The van der Waals surface area contributed by atoms with E-state index in [2.05, 4.69) is 5.32 Å². The number of benzene rings is 1. The molecule has 1 amide bonds. The Morgan fingerprint density at radius 2 is 1.87 bits per heavy atom. The second kappa shape index (κ2) is 5.69. The SMILES string of the molecule is CC1(C)OB(c2ccc(NC(=O)OC3CC3)cc2Cl)OC1(C)C. The van der Waals surface area contributed by atoms with Gasteiger partial charge in [0.05, 0.1) is 11.2 Å². The minimum atomic E-state index is -0.528. The van der Waals surface area contributed by atoms with E-state index in [1.54, 1.807) is 18.2 Å². The predicted octanol–water partition coefficient (Wildman–Crippen LogP) is 3.35. The van der Waals surface area contributed by atoms with Crippen molar-refractivity contribution in [2.75, 3.05) is 5.32 Å². The molecule has 0 atom stereocenters. The second-order valence-electron chi connectivity index (χ2n) is 7.05. The van der Waals surface area contributed by atoms with Crippen LogP contribution in [-0.4, -0.2) is 30.5 Å². The summed E-state index contributed by atoms with van der Waals surface area (Å²) in [6, 6.07) is 5.24. The fraction of sp³-hybridized carbons (Fsp3) is 0.562. The molecule has 124 valence electrons. The molecule has 3 rings (SSSR count). The highest BCUT2D eigenvalue weighted by atomic mass is 35.5. The highest BCUT2D eigenvalue weighted by molar-refractivity contribution is 6.65. The molecule has 1 saturated heterocycles. The number of hydrogen-bond acceptors (Lipinski definition) is 4. The Labute approximate surface area is 141 Å². The van der Waals surface area contributed by atoms with Crippen LogP contribution in [0.25, 0.3) is 0 Å². The number of halogens is 1.